The number of hydrogen-bond acceptors (Lipinski definition) is 2. The molecule has 3 nitrogen and oxygen atoms in total. The fraction of sp³-hybridized carbons (Fsp3) is 0.250. The summed E-state index contributed by atoms with van der Waals surface area (Å²) in [6.45, 7) is 2.22. The molecule has 4 rings (SSSR count). The normalized spacial score (nSPS) is 15.0. The molecule has 0 aliphatic carbocycles. The van der Waals surface area contributed by atoms with Crippen LogP contribution in [0.3, 0.4) is 0 Å². The summed E-state index contributed by atoms with van der Waals surface area (Å²) in [4.78, 5) is 14.0. The first-order valence-corrected chi connectivity index (χ1v) is 8.27. The number of benzene rings is 2. The number of carbonyl (C=O) groups is 1. The van der Waals surface area contributed by atoms with E-state index in [1.54, 1.807) is 0 Å². The molecule has 1 saturated heterocycles. The molecular formula is C20H20N2O. The number of fused-ring (bicyclic) bond motifs is 1. The maximum Gasteiger partial charge on any atom is 0.152 e. The molecule has 3 heteroatoms. The molecule has 1 aliphatic rings. The minimum Gasteiger partial charge on any atom is -0.372 e. The topological polar surface area (TPSA) is 25.2 Å². The third-order valence-corrected chi connectivity index (χ3v) is 4.70. The highest BCUT2D eigenvalue weighted by molar-refractivity contribution is 6.00. The maximum absolute atomic E-state index is 11.5. The Labute approximate surface area is 136 Å². The highest BCUT2D eigenvalue weighted by Crippen LogP contribution is 2.29. The number of aromatic nitrogens is 1. The molecule has 2 heterocycles. The Balaban J connectivity index is 1.83. The Kier molecular flexibility index (Phi) is 3.62. The third-order valence-electron chi connectivity index (χ3n) is 4.70. The summed E-state index contributed by atoms with van der Waals surface area (Å²) < 4.78 is 2.10. The van der Waals surface area contributed by atoms with E-state index in [4.69, 9.17) is 0 Å². The van der Waals surface area contributed by atoms with E-state index in [0.29, 0.717) is 0 Å². The number of rotatable bonds is 3. The molecule has 0 saturated carbocycles. The van der Waals surface area contributed by atoms with Crippen LogP contribution in [-0.2, 0) is 0 Å². The van der Waals surface area contributed by atoms with Crippen molar-refractivity contribution in [1.82, 2.24) is 4.57 Å². The van der Waals surface area contributed by atoms with Crippen LogP contribution in [0.2, 0.25) is 0 Å². The molecule has 0 atom stereocenters. The first kappa shape index (κ1) is 14.1. The summed E-state index contributed by atoms with van der Waals surface area (Å²) in [5.74, 6) is 0. The van der Waals surface area contributed by atoms with Crippen LogP contribution in [-0.4, -0.2) is 23.9 Å². The zero-order valence-corrected chi connectivity index (χ0v) is 13.1. The van der Waals surface area contributed by atoms with E-state index in [-0.39, 0.29) is 0 Å². The van der Waals surface area contributed by atoms with Gasteiger partial charge in [-0.05, 0) is 49.6 Å². The molecule has 0 N–H and O–H groups in total. The van der Waals surface area contributed by atoms with Crippen molar-refractivity contribution in [1.29, 1.82) is 0 Å². The van der Waals surface area contributed by atoms with Gasteiger partial charge in [-0.2, -0.15) is 0 Å². The monoisotopic (exact) mass is 304 g/mol. The lowest BCUT2D eigenvalue weighted by Crippen LogP contribution is -2.29. The van der Waals surface area contributed by atoms with Gasteiger partial charge in [0.1, 0.15) is 0 Å². The molecule has 1 aromatic heterocycles. The van der Waals surface area contributed by atoms with E-state index < -0.39 is 0 Å². The molecule has 1 aliphatic heterocycles. The molecule has 0 unspecified atom stereocenters. The fourth-order valence-electron chi connectivity index (χ4n) is 3.49. The van der Waals surface area contributed by atoms with Crippen molar-refractivity contribution in [2.45, 2.75) is 19.3 Å². The Morgan fingerprint density at radius 3 is 2.39 bits per heavy atom. The lowest BCUT2D eigenvalue weighted by Gasteiger charge is -2.28. The third kappa shape index (κ3) is 2.52. The van der Waals surface area contributed by atoms with Gasteiger partial charge in [-0.15, -0.1) is 0 Å². The average Bonchev–Trinajstić information content (AvgIpc) is 3.01. The van der Waals surface area contributed by atoms with Crippen LogP contribution < -0.4 is 4.90 Å². The van der Waals surface area contributed by atoms with Gasteiger partial charge in [-0.3, -0.25) is 4.79 Å². The maximum atomic E-state index is 11.5. The Morgan fingerprint density at radius 2 is 1.65 bits per heavy atom. The number of para-hydroxylation sites is 1. The predicted octanol–water partition coefficient (Wildman–Crippen LogP) is 4.43. The van der Waals surface area contributed by atoms with Crippen molar-refractivity contribution in [3.05, 3.63) is 60.3 Å². The van der Waals surface area contributed by atoms with Gasteiger partial charge in [0.05, 0.1) is 5.52 Å². The molecule has 0 spiro atoms. The van der Waals surface area contributed by atoms with Crippen molar-refractivity contribution in [3.8, 4) is 5.69 Å². The standard InChI is InChI=1S/C20H20N2O/c23-15-16-14-22(17-7-3-1-4-8-17)20-10-9-18(13-19(16)20)21-11-5-2-6-12-21/h1,3-4,7-10,13-15H,2,5-6,11-12H2. The highest BCUT2D eigenvalue weighted by Gasteiger charge is 2.14. The van der Waals surface area contributed by atoms with Crippen molar-refractivity contribution < 1.29 is 4.79 Å². The summed E-state index contributed by atoms with van der Waals surface area (Å²) in [6, 6.07) is 16.7. The summed E-state index contributed by atoms with van der Waals surface area (Å²) in [5.41, 5.74) is 4.14. The van der Waals surface area contributed by atoms with Gasteiger partial charge in [0, 0.05) is 41.6 Å². The molecule has 1 fully saturated rings. The lowest BCUT2D eigenvalue weighted by molar-refractivity contribution is 0.112. The van der Waals surface area contributed by atoms with E-state index in [0.717, 1.165) is 41.5 Å². The van der Waals surface area contributed by atoms with Gasteiger partial charge in [-0.1, -0.05) is 18.2 Å². The van der Waals surface area contributed by atoms with Crippen LogP contribution >= 0.6 is 0 Å². The smallest absolute Gasteiger partial charge is 0.152 e. The minimum absolute atomic E-state index is 0.753. The molecule has 2 aromatic carbocycles. The van der Waals surface area contributed by atoms with Crippen molar-refractivity contribution in [3.63, 3.8) is 0 Å². The number of aldehydes is 1. The van der Waals surface area contributed by atoms with Crippen LogP contribution in [0.4, 0.5) is 5.69 Å². The van der Waals surface area contributed by atoms with E-state index in [1.165, 1.54) is 24.9 Å². The molecule has 0 bridgehead atoms. The molecule has 0 amide bonds. The van der Waals surface area contributed by atoms with Crippen LogP contribution in [0, 0.1) is 0 Å². The Morgan fingerprint density at radius 1 is 0.870 bits per heavy atom. The van der Waals surface area contributed by atoms with Crippen LogP contribution in [0.15, 0.2) is 54.7 Å². The number of anilines is 1. The van der Waals surface area contributed by atoms with Gasteiger partial charge >= 0.3 is 0 Å². The summed E-state index contributed by atoms with van der Waals surface area (Å²) in [7, 11) is 0. The van der Waals surface area contributed by atoms with E-state index in [9.17, 15) is 4.79 Å². The summed E-state index contributed by atoms with van der Waals surface area (Å²) >= 11 is 0. The Hall–Kier alpha value is -2.55. The highest BCUT2D eigenvalue weighted by atomic mass is 16.1. The largest absolute Gasteiger partial charge is 0.372 e. The second kappa shape index (κ2) is 5.92. The second-order valence-electron chi connectivity index (χ2n) is 6.16. The lowest BCUT2D eigenvalue weighted by atomic mass is 10.1. The van der Waals surface area contributed by atoms with E-state index in [2.05, 4.69) is 39.8 Å². The SMILES string of the molecule is O=Cc1cn(-c2ccccc2)c2ccc(N3CCCCC3)cc12. The summed E-state index contributed by atoms with van der Waals surface area (Å²) in [5, 5.41) is 1.03. The number of carbonyl (C=O) groups excluding carboxylic acids is 1. The first-order chi connectivity index (χ1) is 11.4. The van der Waals surface area contributed by atoms with E-state index >= 15 is 0 Å². The fourth-order valence-corrected chi connectivity index (χ4v) is 3.49. The quantitative estimate of drug-likeness (QED) is 0.669. The zero-order valence-electron chi connectivity index (χ0n) is 13.1. The average molecular weight is 304 g/mol. The van der Waals surface area contributed by atoms with E-state index in [1.807, 2.05) is 24.4 Å². The number of nitrogens with zero attached hydrogens (tertiary/aromatic N) is 2. The Bertz CT molecular complexity index is 829. The molecule has 23 heavy (non-hydrogen) atoms. The number of hydrogen-bond donors (Lipinski definition) is 0. The molecule has 116 valence electrons. The molecule has 0 radical (unpaired) electrons. The van der Waals surface area contributed by atoms with Crippen LogP contribution in [0.25, 0.3) is 16.6 Å². The van der Waals surface area contributed by atoms with Gasteiger partial charge in [0.2, 0.25) is 0 Å². The minimum atomic E-state index is 0.753. The van der Waals surface area contributed by atoms with Crippen molar-refractivity contribution in [2.75, 3.05) is 18.0 Å². The molecule has 3 aromatic rings. The number of piperidine rings is 1. The van der Waals surface area contributed by atoms with Crippen LogP contribution in [0.5, 0.6) is 0 Å². The second-order valence-corrected chi connectivity index (χ2v) is 6.16. The van der Waals surface area contributed by atoms with Gasteiger partial charge < -0.3 is 9.47 Å². The van der Waals surface area contributed by atoms with Gasteiger partial charge in [0.15, 0.2) is 6.29 Å². The van der Waals surface area contributed by atoms with Crippen LogP contribution in [0.1, 0.15) is 29.6 Å². The summed E-state index contributed by atoms with van der Waals surface area (Å²) in [6.07, 6.45) is 6.73. The van der Waals surface area contributed by atoms with Crippen molar-refractivity contribution >= 4 is 22.9 Å². The predicted molar refractivity (Wildman–Crippen MR) is 94.7 cm³/mol. The first-order valence-electron chi connectivity index (χ1n) is 8.27. The van der Waals surface area contributed by atoms with Gasteiger partial charge in [0.25, 0.3) is 0 Å². The van der Waals surface area contributed by atoms with Crippen molar-refractivity contribution in [2.24, 2.45) is 0 Å². The zero-order chi connectivity index (χ0) is 15.6. The van der Waals surface area contributed by atoms with Gasteiger partial charge in [-0.25, -0.2) is 0 Å². The molecular weight excluding hydrogens is 284 g/mol.